The molecule has 1 aliphatic rings. The lowest BCUT2D eigenvalue weighted by Crippen LogP contribution is -2.39. The molecular formula is C18H20ClN3O4. The summed E-state index contributed by atoms with van der Waals surface area (Å²) in [4.78, 5) is 25.5. The molecule has 26 heavy (non-hydrogen) atoms. The van der Waals surface area contributed by atoms with Gasteiger partial charge in [-0.15, -0.1) is 0 Å². The van der Waals surface area contributed by atoms with Crippen LogP contribution in [0.4, 0.5) is 10.5 Å². The lowest BCUT2D eigenvalue weighted by atomic mass is 10.1. The van der Waals surface area contributed by atoms with E-state index < -0.39 is 12.0 Å². The number of carbonyl (C=O) groups is 2. The van der Waals surface area contributed by atoms with E-state index in [-0.39, 0.29) is 22.7 Å². The molecular weight excluding hydrogens is 358 g/mol. The Morgan fingerprint density at radius 1 is 1.42 bits per heavy atom. The number of likely N-dealkylation sites (tertiary alicyclic amines) is 1. The Balaban J connectivity index is 1.65. The predicted octanol–water partition coefficient (Wildman–Crippen LogP) is 3.15. The van der Waals surface area contributed by atoms with Crippen LogP contribution in [0.3, 0.4) is 0 Å². The minimum Gasteiger partial charge on any atom is -0.467 e. The molecule has 0 bridgehead atoms. The number of urea groups is 1. The van der Waals surface area contributed by atoms with Crippen LogP contribution in [-0.4, -0.2) is 34.5 Å². The summed E-state index contributed by atoms with van der Waals surface area (Å²) in [6, 6.07) is 7.61. The maximum absolute atomic E-state index is 12.6. The number of amides is 3. The van der Waals surface area contributed by atoms with Crippen LogP contribution in [0.15, 0.2) is 41.0 Å². The largest absolute Gasteiger partial charge is 0.467 e. The van der Waals surface area contributed by atoms with Crippen molar-refractivity contribution in [3.05, 3.63) is 52.9 Å². The Labute approximate surface area is 155 Å². The van der Waals surface area contributed by atoms with Crippen molar-refractivity contribution in [2.45, 2.75) is 31.4 Å². The molecule has 3 rings (SSSR count). The van der Waals surface area contributed by atoms with Crippen molar-refractivity contribution in [1.82, 2.24) is 4.90 Å². The number of furan rings is 1. The van der Waals surface area contributed by atoms with Crippen molar-refractivity contribution in [3.8, 4) is 0 Å². The zero-order valence-corrected chi connectivity index (χ0v) is 14.8. The van der Waals surface area contributed by atoms with Gasteiger partial charge in [0.2, 0.25) is 5.91 Å². The van der Waals surface area contributed by atoms with Crippen LogP contribution in [0.1, 0.15) is 41.5 Å². The van der Waals surface area contributed by atoms with Crippen molar-refractivity contribution in [3.63, 3.8) is 0 Å². The predicted molar refractivity (Wildman–Crippen MR) is 97.0 cm³/mol. The number of halogens is 1. The van der Waals surface area contributed by atoms with E-state index in [4.69, 9.17) is 21.8 Å². The number of primary amides is 1. The monoisotopic (exact) mass is 377 g/mol. The molecule has 0 aliphatic carbocycles. The quantitative estimate of drug-likeness (QED) is 0.743. The van der Waals surface area contributed by atoms with Crippen LogP contribution in [0.5, 0.6) is 0 Å². The molecule has 1 aliphatic heterocycles. The van der Waals surface area contributed by atoms with E-state index in [0.717, 1.165) is 12.8 Å². The number of nitrogens with two attached hydrogens (primary N) is 1. The van der Waals surface area contributed by atoms with Crippen LogP contribution in [-0.2, 0) is 0 Å². The van der Waals surface area contributed by atoms with Gasteiger partial charge in [-0.25, -0.2) is 4.79 Å². The van der Waals surface area contributed by atoms with Crippen molar-refractivity contribution in [1.29, 1.82) is 0 Å². The fourth-order valence-electron chi connectivity index (χ4n) is 3.19. The maximum atomic E-state index is 12.6. The van der Waals surface area contributed by atoms with E-state index >= 15 is 0 Å². The molecule has 138 valence electrons. The molecule has 1 fully saturated rings. The van der Waals surface area contributed by atoms with Crippen LogP contribution in [0, 0.1) is 0 Å². The van der Waals surface area contributed by atoms with Gasteiger partial charge in [0.05, 0.1) is 16.8 Å². The van der Waals surface area contributed by atoms with E-state index in [1.54, 1.807) is 23.1 Å². The van der Waals surface area contributed by atoms with Gasteiger partial charge in [0.25, 0.3) is 0 Å². The molecule has 1 aromatic carbocycles. The summed E-state index contributed by atoms with van der Waals surface area (Å²) in [5, 5.41) is 13.2. The second-order valence-electron chi connectivity index (χ2n) is 6.25. The van der Waals surface area contributed by atoms with Crippen LogP contribution in [0.25, 0.3) is 0 Å². The molecule has 1 saturated heterocycles. The Morgan fingerprint density at radius 2 is 2.23 bits per heavy atom. The molecule has 2 heterocycles. The fourth-order valence-corrected chi connectivity index (χ4v) is 3.46. The highest BCUT2D eigenvalue weighted by Crippen LogP contribution is 2.28. The Bertz CT molecular complexity index is 794. The first kappa shape index (κ1) is 18.3. The highest BCUT2D eigenvalue weighted by Gasteiger charge is 2.31. The molecule has 3 amide bonds. The number of hydrogen-bond acceptors (Lipinski definition) is 4. The van der Waals surface area contributed by atoms with E-state index in [2.05, 4.69) is 5.32 Å². The minimum absolute atomic E-state index is 0.0875. The average Bonchev–Trinajstić information content (AvgIpc) is 3.26. The van der Waals surface area contributed by atoms with E-state index in [1.165, 1.54) is 18.4 Å². The van der Waals surface area contributed by atoms with Gasteiger partial charge in [0, 0.05) is 24.7 Å². The maximum Gasteiger partial charge on any atom is 0.322 e. The Hall–Kier alpha value is -2.51. The zero-order chi connectivity index (χ0) is 18.7. The molecule has 0 spiro atoms. The topological polar surface area (TPSA) is 109 Å². The first-order valence-corrected chi connectivity index (χ1v) is 8.72. The number of aliphatic hydroxyl groups excluding tert-OH is 1. The highest BCUT2D eigenvalue weighted by atomic mass is 35.5. The summed E-state index contributed by atoms with van der Waals surface area (Å²) < 4.78 is 5.22. The zero-order valence-electron chi connectivity index (χ0n) is 14.0. The number of nitrogens with one attached hydrogen (secondary N) is 1. The van der Waals surface area contributed by atoms with Crippen LogP contribution >= 0.6 is 11.6 Å². The number of benzene rings is 1. The SMILES string of the molecule is NC(=O)c1ccc(NC(=O)N2CCC[C@@H]2C[C@@H](O)c2ccco2)cc1Cl. The van der Waals surface area contributed by atoms with Gasteiger partial charge in [-0.2, -0.15) is 0 Å². The van der Waals surface area contributed by atoms with Gasteiger partial charge in [0.1, 0.15) is 11.9 Å². The average molecular weight is 378 g/mol. The molecule has 0 saturated carbocycles. The second kappa shape index (κ2) is 7.80. The van der Waals surface area contributed by atoms with Gasteiger partial charge in [-0.1, -0.05) is 11.6 Å². The Kier molecular flexibility index (Phi) is 5.49. The molecule has 2 atom stereocenters. The van der Waals surface area contributed by atoms with Gasteiger partial charge in [-0.3, -0.25) is 4.79 Å². The third-order valence-corrected chi connectivity index (χ3v) is 4.80. The van der Waals surface area contributed by atoms with Gasteiger partial charge in [0.15, 0.2) is 0 Å². The summed E-state index contributed by atoms with van der Waals surface area (Å²) in [6.45, 7) is 0.606. The highest BCUT2D eigenvalue weighted by molar-refractivity contribution is 6.34. The molecule has 0 radical (unpaired) electrons. The lowest BCUT2D eigenvalue weighted by molar-refractivity contribution is 0.1000. The third kappa shape index (κ3) is 4.00. The summed E-state index contributed by atoms with van der Waals surface area (Å²) in [7, 11) is 0. The molecule has 1 aromatic heterocycles. The number of anilines is 1. The van der Waals surface area contributed by atoms with E-state index in [1.807, 2.05) is 0 Å². The van der Waals surface area contributed by atoms with E-state index in [0.29, 0.717) is 24.4 Å². The number of hydrogen-bond donors (Lipinski definition) is 3. The first-order valence-electron chi connectivity index (χ1n) is 8.34. The van der Waals surface area contributed by atoms with Gasteiger partial charge >= 0.3 is 6.03 Å². The molecule has 4 N–H and O–H groups in total. The molecule has 8 heteroatoms. The smallest absolute Gasteiger partial charge is 0.322 e. The van der Waals surface area contributed by atoms with Gasteiger partial charge in [-0.05, 0) is 43.2 Å². The van der Waals surface area contributed by atoms with Crippen molar-refractivity contribution in [2.24, 2.45) is 5.73 Å². The minimum atomic E-state index is -0.757. The summed E-state index contributed by atoms with van der Waals surface area (Å²) in [5.74, 6) is -0.134. The molecule has 7 nitrogen and oxygen atoms in total. The third-order valence-electron chi connectivity index (χ3n) is 4.49. The first-order chi connectivity index (χ1) is 12.5. The van der Waals surface area contributed by atoms with Gasteiger partial charge < -0.3 is 25.5 Å². The van der Waals surface area contributed by atoms with Crippen molar-refractivity contribution in [2.75, 3.05) is 11.9 Å². The second-order valence-corrected chi connectivity index (χ2v) is 6.65. The van der Waals surface area contributed by atoms with E-state index in [9.17, 15) is 14.7 Å². The summed E-state index contributed by atoms with van der Waals surface area (Å²) in [6.07, 6.45) is 2.84. The molecule has 2 aromatic rings. The summed E-state index contributed by atoms with van der Waals surface area (Å²) in [5.41, 5.74) is 5.89. The van der Waals surface area contributed by atoms with Crippen LogP contribution < -0.4 is 11.1 Å². The number of nitrogens with zero attached hydrogens (tertiary/aromatic N) is 1. The number of rotatable bonds is 5. The number of carbonyl (C=O) groups excluding carboxylic acids is 2. The number of aliphatic hydroxyl groups is 1. The molecule has 0 unspecified atom stereocenters. The normalized spacial score (nSPS) is 17.9. The van der Waals surface area contributed by atoms with Crippen molar-refractivity contribution >= 4 is 29.2 Å². The lowest BCUT2D eigenvalue weighted by Gasteiger charge is -2.26. The Morgan fingerprint density at radius 3 is 2.88 bits per heavy atom. The fraction of sp³-hybridized carbons (Fsp3) is 0.333. The summed E-state index contributed by atoms with van der Waals surface area (Å²) >= 11 is 6.01. The van der Waals surface area contributed by atoms with Crippen LogP contribution in [0.2, 0.25) is 5.02 Å². The standard InChI is InChI=1S/C18H20ClN3O4/c19-14-9-11(5-6-13(14)17(20)24)21-18(25)22-7-1-3-12(22)10-15(23)16-4-2-8-26-16/h2,4-6,8-9,12,15,23H,1,3,7,10H2,(H2,20,24)(H,21,25)/t12-,15-/m1/s1. The van der Waals surface area contributed by atoms with Crippen molar-refractivity contribution < 1.29 is 19.1 Å².